The Morgan fingerprint density at radius 2 is 1.55 bits per heavy atom. The van der Waals surface area contributed by atoms with Gasteiger partial charge < -0.3 is 9.67 Å². The molecule has 2 aromatic carbocycles. The number of fused-ring (bicyclic) bond motifs is 1. The smallest absolute Gasteiger partial charge is 0.141 e. The molecular formula is C19H20N2O. The predicted molar refractivity (Wildman–Crippen MR) is 88.7 cm³/mol. The maximum atomic E-state index is 9.80. The molecule has 3 nitrogen and oxygen atoms in total. The van der Waals surface area contributed by atoms with Crippen molar-refractivity contribution in [1.82, 2.24) is 9.55 Å². The average Bonchev–Trinajstić information content (AvgIpc) is 2.96. The van der Waals surface area contributed by atoms with Gasteiger partial charge in [-0.2, -0.15) is 0 Å². The molecule has 1 heterocycles. The van der Waals surface area contributed by atoms with Crippen LogP contribution in [0.2, 0.25) is 0 Å². The number of hydrogen-bond donors (Lipinski definition) is 1. The Morgan fingerprint density at radius 1 is 0.864 bits per heavy atom. The number of rotatable bonds is 2. The quantitative estimate of drug-likeness (QED) is 0.769. The van der Waals surface area contributed by atoms with E-state index in [2.05, 4.69) is 47.0 Å². The molecule has 0 aliphatic heterocycles. The number of aromatic nitrogens is 2. The van der Waals surface area contributed by atoms with E-state index in [-0.39, 0.29) is 6.10 Å². The maximum absolute atomic E-state index is 9.80. The summed E-state index contributed by atoms with van der Waals surface area (Å²) in [5.41, 5.74) is 3.40. The van der Waals surface area contributed by atoms with Gasteiger partial charge in [-0.3, -0.25) is 0 Å². The third-order valence-electron chi connectivity index (χ3n) is 4.66. The lowest BCUT2D eigenvalue weighted by molar-refractivity contribution is 0.112. The van der Waals surface area contributed by atoms with Crippen molar-refractivity contribution in [3.63, 3.8) is 0 Å². The van der Waals surface area contributed by atoms with Crippen molar-refractivity contribution in [2.45, 2.75) is 37.8 Å². The minimum atomic E-state index is -0.133. The van der Waals surface area contributed by atoms with Gasteiger partial charge in [0.15, 0.2) is 0 Å². The molecule has 1 aliphatic rings. The molecule has 112 valence electrons. The zero-order valence-corrected chi connectivity index (χ0v) is 12.5. The van der Waals surface area contributed by atoms with Gasteiger partial charge in [0.1, 0.15) is 5.82 Å². The predicted octanol–water partition coefficient (Wildman–Crippen LogP) is 4.18. The molecule has 0 bridgehead atoms. The van der Waals surface area contributed by atoms with Crippen molar-refractivity contribution >= 4 is 11.0 Å². The minimum absolute atomic E-state index is 0.133. The Balaban J connectivity index is 1.87. The Hall–Kier alpha value is -2.13. The van der Waals surface area contributed by atoms with Crippen LogP contribution in [0.3, 0.4) is 0 Å². The first kappa shape index (κ1) is 13.5. The second-order valence-corrected chi connectivity index (χ2v) is 6.12. The summed E-state index contributed by atoms with van der Waals surface area (Å²) >= 11 is 0. The van der Waals surface area contributed by atoms with Crippen molar-refractivity contribution in [1.29, 1.82) is 0 Å². The molecule has 0 amide bonds. The number of aliphatic hydroxyl groups excluding tert-OH is 1. The van der Waals surface area contributed by atoms with Crippen molar-refractivity contribution in [2.75, 3.05) is 0 Å². The molecule has 0 unspecified atom stereocenters. The molecule has 1 aliphatic carbocycles. The fourth-order valence-electron chi connectivity index (χ4n) is 3.52. The third kappa shape index (κ3) is 2.32. The molecule has 1 saturated carbocycles. The largest absolute Gasteiger partial charge is 0.393 e. The zero-order chi connectivity index (χ0) is 14.9. The van der Waals surface area contributed by atoms with E-state index in [1.807, 2.05) is 12.1 Å². The summed E-state index contributed by atoms with van der Waals surface area (Å²) in [5.74, 6) is 1.04. The van der Waals surface area contributed by atoms with Gasteiger partial charge in [0.25, 0.3) is 0 Å². The summed E-state index contributed by atoms with van der Waals surface area (Å²) in [6.45, 7) is 0. The van der Waals surface area contributed by atoms with Crippen molar-refractivity contribution in [2.24, 2.45) is 0 Å². The molecule has 0 atom stereocenters. The van der Waals surface area contributed by atoms with Crippen LogP contribution in [-0.2, 0) is 0 Å². The van der Waals surface area contributed by atoms with Gasteiger partial charge >= 0.3 is 0 Å². The van der Waals surface area contributed by atoms with Crippen molar-refractivity contribution in [3.05, 3.63) is 54.6 Å². The van der Waals surface area contributed by atoms with Crippen molar-refractivity contribution < 1.29 is 5.11 Å². The topological polar surface area (TPSA) is 38.0 Å². The van der Waals surface area contributed by atoms with Gasteiger partial charge in [0.2, 0.25) is 0 Å². The van der Waals surface area contributed by atoms with E-state index >= 15 is 0 Å². The van der Waals surface area contributed by atoms with Gasteiger partial charge in [-0.1, -0.05) is 42.5 Å². The lowest BCUT2D eigenvalue weighted by atomic mass is 9.92. The molecule has 0 spiro atoms. The first-order valence-electron chi connectivity index (χ1n) is 8.03. The molecule has 1 fully saturated rings. The van der Waals surface area contributed by atoms with Crippen LogP contribution in [0.4, 0.5) is 0 Å². The summed E-state index contributed by atoms with van der Waals surface area (Å²) in [7, 11) is 0. The highest BCUT2D eigenvalue weighted by Gasteiger charge is 2.25. The number of para-hydroxylation sites is 2. The molecule has 4 rings (SSSR count). The molecule has 0 saturated heterocycles. The van der Waals surface area contributed by atoms with E-state index in [1.54, 1.807) is 0 Å². The second kappa shape index (κ2) is 5.58. The Labute approximate surface area is 130 Å². The molecule has 1 aromatic heterocycles. The maximum Gasteiger partial charge on any atom is 0.141 e. The molecular weight excluding hydrogens is 272 g/mol. The van der Waals surface area contributed by atoms with E-state index in [9.17, 15) is 5.11 Å². The number of imidazole rings is 1. The number of aliphatic hydroxyl groups is 1. The van der Waals surface area contributed by atoms with Gasteiger partial charge in [0.05, 0.1) is 17.1 Å². The van der Waals surface area contributed by atoms with Gasteiger partial charge in [-0.15, -0.1) is 0 Å². The molecule has 1 N–H and O–H groups in total. The molecule has 3 heteroatoms. The van der Waals surface area contributed by atoms with Gasteiger partial charge in [-0.25, -0.2) is 4.98 Å². The summed E-state index contributed by atoms with van der Waals surface area (Å²) in [6.07, 6.45) is 3.66. The normalized spacial score (nSPS) is 22.0. The fourth-order valence-corrected chi connectivity index (χ4v) is 3.52. The van der Waals surface area contributed by atoms with Gasteiger partial charge in [0, 0.05) is 11.6 Å². The lowest BCUT2D eigenvalue weighted by Gasteiger charge is -2.28. The van der Waals surface area contributed by atoms with Crippen LogP contribution >= 0.6 is 0 Å². The highest BCUT2D eigenvalue weighted by Crippen LogP contribution is 2.35. The Kier molecular flexibility index (Phi) is 3.43. The highest BCUT2D eigenvalue weighted by molar-refractivity contribution is 5.80. The molecule has 0 radical (unpaired) electrons. The van der Waals surface area contributed by atoms with Crippen molar-refractivity contribution in [3.8, 4) is 11.4 Å². The van der Waals surface area contributed by atoms with E-state index in [1.165, 1.54) is 5.52 Å². The van der Waals surface area contributed by atoms with E-state index < -0.39 is 0 Å². The van der Waals surface area contributed by atoms with E-state index in [0.29, 0.717) is 6.04 Å². The van der Waals surface area contributed by atoms with Crippen LogP contribution in [0.1, 0.15) is 31.7 Å². The fraction of sp³-hybridized carbons (Fsp3) is 0.316. The van der Waals surface area contributed by atoms with Crippen LogP contribution in [0.5, 0.6) is 0 Å². The summed E-state index contributed by atoms with van der Waals surface area (Å²) in [5, 5.41) is 9.80. The summed E-state index contributed by atoms with van der Waals surface area (Å²) < 4.78 is 2.39. The summed E-state index contributed by atoms with van der Waals surface area (Å²) in [4.78, 5) is 4.88. The average molecular weight is 292 g/mol. The third-order valence-corrected chi connectivity index (χ3v) is 4.66. The first-order chi connectivity index (χ1) is 10.8. The van der Waals surface area contributed by atoms with E-state index in [0.717, 1.165) is 42.6 Å². The number of benzene rings is 2. The Morgan fingerprint density at radius 3 is 2.32 bits per heavy atom. The zero-order valence-electron chi connectivity index (χ0n) is 12.5. The summed E-state index contributed by atoms with van der Waals surface area (Å²) in [6, 6.07) is 19.2. The van der Waals surface area contributed by atoms with E-state index in [4.69, 9.17) is 4.98 Å². The molecule has 22 heavy (non-hydrogen) atoms. The lowest BCUT2D eigenvalue weighted by Crippen LogP contribution is -2.21. The monoisotopic (exact) mass is 292 g/mol. The Bertz CT molecular complexity index is 770. The SMILES string of the molecule is OC1CCC(n2c(-c3ccccc3)nc3ccccc32)CC1. The number of hydrogen-bond acceptors (Lipinski definition) is 2. The van der Waals surface area contributed by atoms with Crippen LogP contribution in [0.25, 0.3) is 22.4 Å². The number of nitrogens with zero attached hydrogens (tertiary/aromatic N) is 2. The van der Waals surface area contributed by atoms with Crippen LogP contribution in [0, 0.1) is 0 Å². The van der Waals surface area contributed by atoms with Gasteiger partial charge in [-0.05, 0) is 37.8 Å². The van der Waals surface area contributed by atoms with Crippen LogP contribution in [-0.4, -0.2) is 20.8 Å². The van der Waals surface area contributed by atoms with Crippen LogP contribution in [0.15, 0.2) is 54.6 Å². The first-order valence-corrected chi connectivity index (χ1v) is 8.03. The van der Waals surface area contributed by atoms with Crippen LogP contribution < -0.4 is 0 Å². The minimum Gasteiger partial charge on any atom is -0.393 e. The highest BCUT2D eigenvalue weighted by atomic mass is 16.3. The second-order valence-electron chi connectivity index (χ2n) is 6.12. The standard InChI is InChI=1S/C19H20N2O/c22-16-12-10-15(11-13-16)21-18-9-5-4-8-17(18)20-19(21)14-6-2-1-3-7-14/h1-9,15-16,22H,10-13H2. The molecule has 3 aromatic rings.